The molecule has 0 aromatic carbocycles. The molecule has 0 aliphatic carbocycles. The molecule has 0 fully saturated rings. The first kappa shape index (κ1) is 16.9. The van der Waals surface area contributed by atoms with Crippen LogP contribution < -0.4 is 5.32 Å². The third kappa shape index (κ3) is 3.92. The number of halogens is 1. The summed E-state index contributed by atoms with van der Waals surface area (Å²) < 4.78 is 31.4. The lowest BCUT2D eigenvalue weighted by molar-refractivity contribution is -0.121. The number of ether oxygens (including phenoxy) is 1. The lowest BCUT2D eigenvalue weighted by Gasteiger charge is -2.15. The molecule has 0 saturated heterocycles. The number of carbonyl (C=O) groups excluding carboxylic acids is 1. The van der Waals surface area contributed by atoms with Crippen molar-refractivity contribution in [1.29, 1.82) is 0 Å². The van der Waals surface area contributed by atoms with Gasteiger partial charge in [-0.25, -0.2) is 13.4 Å². The van der Waals surface area contributed by atoms with Crippen molar-refractivity contribution in [2.45, 2.75) is 5.03 Å². The van der Waals surface area contributed by atoms with E-state index in [0.29, 0.717) is 13.2 Å². The summed E-state index contributed by atoms with van der Waals surface area (Å²) in [6.07, 6.45) is 1.29. The van der Waals surface area contributed by atoms with Crippen molar-refractivity contribution in [3.63, 3.8) is 0 Å². The van der Waals surface area contributed by atoms with Crippen LogP contribution in [0.25, 0.3) is 0 Å². The zero-order valence-electron chi connectivity index (χ0n) is 11.5. The Labute approximate surface area is 122 Å². The van der Waals surface area contributed by atoms with Crippen LogP contribution in [0.1, 0.15) is 0 Å². The van der Waals surface area contributed by atoms with Gasteiger partial charge in [-0.3, -0.25) is 4.79 Å². The van der Waals surface area contributed by atoms with Gasteiger partial charge in [0.25, 0.3) is 10.0 Å². The first-order valence-corrected chi connectivity index (χ1v) is 7.51. The highest BCUT2D eigenvalue weighted by atomic mass is 35.5. The maximum Gasteiger partial charge on any atom is 0.263 e. The predicted octanol–water partition coefficient (Wildman–Crippen LogP) is -0.543. The molecule has 8 nitrogen and oxygen atoms in total. The second-order valence-corrected chi connectivity index (χ2v) is 6.37. The van der Waals surface area contributed by atoms with E-state index in [0.717, 1.165) is 4.31 Å². The fraction of sp³-hybridized carbons (Fsp3) is 0.600. The Hall–Kier alpha value is -1.16. The van der Waals surface area contributed by atoms with Crippen molar-refractivity contribution < 1.29 is 17.9 Å². The third-order valence-corrected chi connectivity index (χ3v) is 4.78. The zero-order valence-corrected chi connectivity index (χ0v) is 13.0. The Morgan fingerprint density at radius 2 is 2.25 bits per heavy atom. The minimum Gasteiger partial charge on any atom is -0.383 e. The number of aryl methyl sites for hydroxylation is 1. The molecule has 1 aromatic heterocycles. The molecule has 0 radical (unpaired) electrons. The largest absolute Gasteiger partial charge is 0.383 e. The van der Waals surface area contributed by atoms with E-state index in [-0.39, 0.29) is 16.7 Å². The molecule has 0 aliphatic rings. The van der Waals surface area contributed by atoms with Crippen LogP contribution in [0.3, 0.4) is 0 Å². The third-order valence-electron chi connectivity index (χ3n) is 2.48. The summed E-state index contributed by atoms with van der Waals surface area (Å²) in [6, 6.07) is 0. The predicted molar refractivity (Wildman–Crippen MR) is 72.9 cm³/mol. The molecule has 0 saturated carbocycles. The topological polar surface area (TPSA) is 93.5 Å². The van der Waals surface area contributed by atoms with Gasteiger partial charge >= 0.3 is 0 Å². The Balaban J connectivity index is 2.73. The molecule has 0 spiro atoms. The fourth-order valence-electron chi connectivity index (χ4n) is 1.35. The molecule has 20 heavy (non-hydrogen) atoms. The number of imidazole rings is 1. The number of hydrogen-bond acceptors (Lipinski definition) is 5. The molecule has 1 rings (SSSR count). The normalized spacial score (nSPS) is 11.8. The molecule has 0 bridgehead atoms. The van der Waals surface area contributed by atoms with Crippen LogP contribution in [0.4, 0.5) is 0 Å². The molecule has 1 heterocycles. The second kappa shape index (κ2) is 7.02. The highest BCUT2D eigenvalue weighted by Crippen LogP contribution is 2.21. The first-order chi connectivity index (χ1) is 9.30. The van der Waals surface area contributed by atoms with Gasteiger partial charge in [-0.2, -0.15) is 4.31 Å². The molecular weight excluding hydrogens is 308 g/mol. The maximum atomic E-state index is 12.2. The van der Waals surface area contributed by atoms with Gasteiger partial charge in [0.15, 0.2) is 0 Å². The van der Waals surface area contributed by atoms with Crippen LogP contribution in [-0.2, 0) is 26.6 Å². The summed E-state index contributed by atoms with van der Waals surface area (Å²) in [7, 11) is 0.472. The Bertz CT molecular complexity index is 572. The molecule has 10 heteroatoms. The van der Waals surface area contributed by atoms with Crippen LogP contribution >= 0.6 is 11.6 Å². The number of rotatable bonds is 7. The van der Waals surface area contributed by atoms with Crippen molar-refractivity contribution in [2.24, 2.45) is 7.05 Å². The van der Waals surface area contributed by atoms with Crippen molar-refractivity contribution in [1.82, 2.24) is 19.2 Å². The van der Waals surface area contributed by atoms with Gasteiger partial charge in [-0.15, -0.1) is 0 Å². The molecular formula is C10H17ClN4O4S. The van der Waals surface area contributed by atoms with Gasteiger partial charge in [0.2, 0.25) is 10.9 Å². The number of hydrogen-bond donors (Lipinski definition) is 1. The van der Waals surface area contributed by atoms with E-state index in [1.54, 1.807) is 7.05 Å². The van der Waals surface area contributed by atoms with Gasteiger partial charge in [-0.05, 0) is 0 Å². The summed E-state index contributed by atoms with van der Waals surface area (Å²) in [4.78, 5) is 15.3. The number of carbonyl (C=O) groups is 1. The van der Waals surface area contributed by atoms with Crippen molar-refractivity contribution in [3.8, 4) is 0 Å². The van der Waals surface area contributed by atoms with E-state index in [1.807, 2.05) is 0 Å². The van der Waals surface area contributed by atoms with Crippen LogP contribution in [0.15, 0.2) is 11.4 Å². The number of amides is 1. The van der Waals surface area contributed by atoms with Crippen molar-refractivity contribution in [2.75, 3.05) is 33.9 Å². The summed E-state index contributed by atoms with van der Waals surface area (Å²) in [6.45, 7) is 0.348. The van der Waals surface area contributed by atoms with E-state index in [2.05, 4.69) is 10.3 Å². The van der Waals surface area contributed by atoms with Crippen molar-refractivity contribution >= 4 is 27.5 Å². The van der Waals surface area contributed by atoms with Gasteiger partial charge < -0.3 is 14.6 Å². The van der Waals surface area contributed by atoms with E-state index in [4.69, 9.17) is 16.3 Å². The van der Waals surface area contributed by atoms with E-state index >= 15 is 0 Å². The Morgan fingerprint density at radius 1 is 1.60 bits per heavy atom. The smallest absolute Gasteiger partial charge is 0.263 e. The van der Waals surface area contributed by atoms with E-state index < -0.39 is 15.9 Å². The highest BCUT2D eigenvalue weighted by Gasteiger charge is 2.28. The van der Waals surface area contributed by atoms with Gasteiger partial charge in [-0.1, -0.05) is 11.6 Å². The minimum atomic E-state index is -3.90. The van der Waals surface area contributed by atoms with Crippen LogP contribution in [0.5, 0.6) is 0 Å². The minimum absolute atomic E-state index is 0.00311. The summed E-state index contributed by atoms with van der Waals surface area (Å²) >= 11 is 5.85. The highest BCUT2D eigenvalue weighted by molar-refractivity contribution is 7.89. The van der Waals surface area contributed by atoms with E-state index in [9.17, 15) is 13.2 Å². The van der Waals surface area contributed by atoms with Crippen LogP contribution in [0.2, 0.25) is 5.15 Å². The summed E-state index contributed by atoms with van der Waals surface area (Å²) in [5, 5.41) is 2.26. The number of sulfonamides is 1. The Kier molecular flexibility index (Phi) is 5.93. The number of nitrogens with zero attached hydrogens (tertiary/aromatic N) is 3. The quantitative estimate of drug-likeness (QED) is 0.680. The second-order valence-electron chi connectivity index (χ2n) is 4.06. The first-order valence-electron chi connectivity index (χ1n) is 5.69. The average Bonchev–Trinajstić information content (AvgIpc) is 2.70. The molecule has 0 unspecified atom stereocenters. The number of methoxy groups -OCH3 is 1. The average molecular weight is 325 g/mol. The summed E-state index contributed by atoms with van der Waals surface area (Å²) in [5.74, 6) is -0.430. The number of likely N-dealkylation sites (N-methyl/N-ethyl adjacent to an activating group) is 1. The molecule has 114 valence electrons. The van der Waals surface area contributed by atoms with Gasteiger partial charge in [0, 0.05) is 27.7 Å². The molecule has 1 aromatic rings. The molecule has 0 atom stereocenters. The van der Waals surface area contributed by atoms with Crippen LogP contribution in [0, 0.1) is 0 Å². The Morgan fingerprint density at radius 3 is 2.75 bits per heavy atom. The van der Waals surface area contributed by atoms with Crippen molar-refractivity contribution in [3.05, 3.63) is 11.5 Å². The molecule has 0 aliphatic heterocycles. The SMILES string of the molecule is COCCNC(=O)CN(C)S(=O)(=O)c1ncn(C)c1Cl. The summed E-state index contributed by atoms with van der Waals surface area (Å²) in [5.41, 5.74) is 0. The number of nitrogens with one attached hydrogen (secondary N) is 1. The zero-order chi connectivity index (χ0) is 15.3. The van der Waals surface area contributed by atoms with Gasteiger partial charge in [0.05, 0.1) is 19.5 Å². The lowest BCUT2D eigenvalue weighted by Crippen LogP contribution is -2.39. The van der Waals surface area contributed by atoms with Gasteiger partial charge in [0.1, 0.15) is 5.15 Å². The molecule has 1 N–H and O–H groups in total. The fourth-order valence-corrected chi connectivity index (χ4v) is 2.85. The standard InChI is InChI=1S/C10H17ClN4O4S/c1-14-7-13-10(9(14)11)20(17,18)15(2)6-8(16)12-4-5-19-3/h7H,4-6H2,1-3H3,(H,12,16). The lowest BCUT2D eigenvalue weighted by atomic mass is 10.5. The monoisotopic (exact) mass is 324 g/mol. The molecule has 1 amide bonds. The van der Waals surface area contributed by atoms with E-state index in [1.165, 1.54) is 25.1 Å². The maximum absolute atomic E-state index is 12.2. The number of aromatic nitrogens is 2. The van der Waals surface area contributed by atoms with Crippen LogP contribution in [-0.4, -0.2) is 62.0 Å².